The molecule has 0 aliphatic heterocycles. The summed E-state index contributed by atoms with van der Waals surface area (Å²) in [6.45, 7) is 0. The maximum absolute atomic E-state index is 13.5. The lowest BCUT2D eigenvalue weighted by Crippen LogP contribution is -1.95. The smallest absolute Gasteiger partial charge is 0.167 e. The summed E-state index contributed by atoms with van der Waals surface area (Å²) in [6.07, 6.45) is 2.34. The molecule has 0 amide bonds. The van der Waals surface area contributed by atoms with Crippen molar-refractivity contribution in [3.8, 4) is 0 Å². The average Bonchev–Trinajstić information content (AvgIpc) is 2.73. The van der Waals surface area contributed by atoms with Gasteiger partial charge in [-0.25, -0.2) is 9.37 Å². The number of carbonyl (C=O) groups excluding carboxylic acids is 1. The van der Waals surface area contributed by atoms with Crippen molar-refractivity contribution in [3.63, 3.8) is 0 Å². The summed E-state index contributed by atoms with van der Waals surface area (Å²) in [4.78, 5) is 17.2. The Labute approximate surface area is 96.3 Å². The minimum Gasteiger partial charge on any atom is -0.340 e. The van der Waals surface area contributed by atoms with Crippen LogP contribution in [0.4, 0.5) is 4.39 Å². The van der Waals surface area contributed by atoms with Gasteiger partial charge in [0.2, 0.25) is 0 Å². The van der Waals surface area contributed by atoms with Crippen molar-refractivity contribution in [1.82, 2.24) is 9.97 Å². The first kappa shape index (κ1) is 10.8. The zero-order chi connectivity index (χ0) is 11.5. The van der Waals surface area contributed by atoms with Gasteiger partial charge < -0.3 is 4.98 Å². The number of H-pyrrole nitrogens is 1. The Bertz CT molecular complexity index is 524. The van der Waals surface area contributed by atoms with E-state index in [9.17, 15) is 9.18 Å². The van der Waals surface area contributed by atoms with Gasteiger partial charge >= 0.3 is 0 Å². The molecule has 0 atom stereocenters. The molecule has 0 fully saturated rings. The molecule has 0 unspecified atom stereocenters. The van der Waals surface area contributed by atoms with Crippen LogP contribution in [0.2, 0.25) is 5.02 Å². The molecule has 1 aromatic carbocycles. The molecule has 1 N–H and O–H groups in total. The highest BCUT2D eigenvalue weighted by Crippen LogP contribution is 2.19. The standard InChI is InChI=1S/C11H8ClFN2O/c12-9-3-1-2-7(11(9)13)4-10-14-5-8(6-16)15-10/h1-3,5-6H,4H2,(H,14,15). The number of halogens is 2. The van der Waals surface area contributed by atoms with E-state index in [1.807, 2.05) is 0 Å². The molecule has 0 radical (unpaired) electrons. The van der Waals surface area contributed by atoms with Crippen LogP contribution < -0.4 is 0 Å². The number of aldehydes is 1. The highest BCUT2D eigenvalue weighted by Gasteiger charge is 2.08. The van der Waals surface area contributed by atoms with Crippen LogP contribution in [0.15, 0.2) is 24.4 Å². The van der Waals surface area contributed by atoms with Crippen molar-refractivity contribution < 1.29 is 9.18 Å². The fraction of sp³-hybridized carbons (Fsp3) is 0.0909. The molecule has 0 aliphatic carbocycles. The number of aromatic nitrogens is 2. The fourth-order valence-electron chi connectivity index (χ4n) is 1.39. The molecular weight excluding hydrogens is 231 g/mol. The van der Waals surface area contributed by atoms with Crippen LogP contribution in [0.25, 0.3) is 0 Å². The number of hydrogen-bond donors (Lipinski definition) is 1. The zero-order valence-electron chi connectivity index (χ0n) is 8.21. The Balaban J connectivity index is 2.26. The van der Waals surface area contributed by atoms with Gasteiger partial charge in [-0.1, -0.05) is 23.7 Å². The highest BCUT2D eigenvalue weighted by atomic mass is 35.5. The lowest BCUT2D eigenvalue weighted by atomic mass is 10.1. The number of nitrogens with zero attached hydrogens (tertiary/aromatic N) is 1. The Morgan fingerprint density at radius 3 is 3.00 bits per heavy atom. The molecule has 1 heterocycles. The van der Waals surface area contributed by atoms with Gasteiger partial charge in [0.1, 0.15) is 11.6 Å². The monoisotopic (exact) mass is 238 g/mol. The average molecular weight is 239 g/mol. The Morgan fingerprint density at radius 1 is 1.50 bits per heavy atom. The van der Waals surface area contributed by atoms with Crippen LogP contribution in [0.3, 0.4) is 0 Å². The van der Waals surface area contributed by atoms with E-state index in [0.717, 1.165) is 0 Å². The molecule has 2 aromatic rings. The highest BCUT2D eigenvalue weighted by molar-refractivity contribution is 6.30. The van der Waals surface area contributed by atoms with E-state index in [4.69, 9.17) is 11.6 Å². The van der Waals surface area contributed by atoms with Gasteiger partial charge in [-0.05, 0) is 11.6 Å². The number of aromatic amines is 1. The van der Waals surface area contributed by atoms with Crippen molar-refractivity contribution >= 4 is 17.9 Å². The predicted octanol–water partition coefficient (Wildman–Crippen LogP) is 2.61. The van der Waals surface area contributed by atoms with Crippen LogP contribution in [-0.2, 0) is 6.42 Å². The number of rotatable bonds is 3. The molecule has 2 rings (SSSR count). The van der Waals surface area contributed by atoms with E-state index in [2.05, 4.69) is 9.97 Å². The van der Waals surface area contributed by atoms with Crippen LogP contribution in [0.1, 0.15) is 21.9 Å². The fourth-order valence-corrected chi connectivity index (χ4v) is 1.59. The van der Waals surface area contributed by atoms with Crippen LogP contribution >= 0.6 is 11.6 Å². The lowest BCUT2D eigenvalue weighted by molar-refractivity contribution is 0.111. The van der Waals surface area contributed by atoms with Gasteiger partial charge in [0.15, 0.2) is 6.29 Å². The first-order valence-electron chi connectivity index (χ1n) is 4.62. The molecule has 3 nitrogen and oxygen atoms in total. The number of carbonyl (C=O) groups is 1. The van der Waals surface area contributed by atoms with Crippen LogP contribution in [0.5, 0.6) is 0 Å². The largest absolute Gasteiger partial charge is 0.340 e. The van der Waals surface area contributed by atoms with Gasteiger partial charge in [0.05, 0.1) is 16.9 Å². The van der Waals surface area contributed by atoms with E-state index < -0.39 is 5.82 Å². The summed E-state index contributed by atoms with van der Waals surface area (Å²) in [6, 6.07) is 4.79. The molecule has 0 saturated carbocycles. The van der Waals surface area contributed by atoms with E-state index in [1.165, 1.54) is 12.3 Å². The molecule has 16 heavy (non-hydrogen) atoms. The number of nitrogens with one attached hydrogen (secondary N) is 1. The first-order valence-corrected chi connectivity index (χ1v) is 5.00. The Kier molecular flexibility index (Phi) is 3.01. The van der Waals surface area contributed by atoms with Gasteiger partial charge in [-0.3, -0.25) is 4.79 Å². The van der Waals surface area contributed by atoms with Gasteiger partial charge in [-0.2, -0.15) is 0 Å². The summed E-state index contributed by atoms with van der Waals surface area (Å²) < 4.78 is 13.5. The Hall–Kier alpha value is -1.68. The van der Waals surface area contributed by atoms with Crippen LogP contribution in [0, 0.1) is 5.82 Å². The van der Waals surface area contributed by atoms with E-state index in [0.29, 0.717) is 23.4 Å². The quantitative estimate of drug-likeness (QED) is 0.836. The summed E-state index contributed by atoms with van der Waals surface area (Å²) in [5.74, 6) is 0.0801. The van der Waals surface area contributed by atoms with Crippen molar-refractivity contribution in [2.45, 2.75) is 6.42 Å². The van der Waals surface area contributed by atoms with Gasteiger partial charge in [0.25, 0.3) is 0 Å². The summed E-state index contributed by atoms with van der Waals surface area (Å²) in [5.41, 5.74) is 0.816. The lowest BCUT2D eigenvalue weighted by Gasteiger charge is -2.01. The molecule has 5 heteroatoms. The van der Waals surface area contributed by atoms with Crippen molar-refractivity contribution in [2.75, 3.05) is 0 Å². The zero-order valence-corrected chi connectivity index (χ0v) is 8.96. The molecular formula is C11H8ClFN2O. The molecule has 0 bridgehead atoms. The number of imidazole rings is 1. The third kappa shape index (κ3) is 2.12. The minimum absolute atomic E-state index is 0.0830. The Morgan fingerprint density at radius 2 is 2.31 bits per heavy atom. The third-order valence-electron chi connectivity index (χ3n) is 2.16. The molecule has 82 valence electrons. The van der Waals surface area contributed by atoms with E-state index >= 15 is 0 Å². The van der Waals surface area contributed by atoms with Gasteiger partial charge in [0, 0.05) is 6.42 Å². The summed E-state index contributed by atoms with van der Waals surface area (Å²) >= 11 is 5.65. The van der Waals surface area contributed by atoms with Crippen molar-refractivity contribution in [3.05, 3.63) is 52.3 Å². The normalized spacial score (nSPS) is 10.4. The maximum atomic E-state index is 13.5. The first-order chi connectivity index (χ1) is 7.70. The number of hydrogen-bond acceptors (Lipinski definition) is 2. The molecule has 1 aromatic heterocycles. The van der Waals surface area contributed by atoms with E-state index in [1.54, 1.807) is 12.1 Å². The molecule has 0 spiro atoms. The second kappa shape index (κ2) is 4.45. The summed E-state index contributed by atoms with van der Waals surface area (Å²) in [5, 5.41) is 0.0830. The third-order valence-corrected chi connectivity index (χ3v) is 2.46. The summed E-state index contributed by atoms with van der Waals surface area (Å²) in [7, 11) is 0. The molecule has 0 aliphatic rings. The van der Waals surface area contributed by atoms with E-state index in [-0.39, 0.29) is 11.4 Å². The van der Waals surface area contributed by atoms with Crippen molar-refractivity contribution in [1.29, 1.82) is 0 Å². The predicted molar refractivity (Wildman–Crippen MR) is 58.2 cm³/mol. The minimum atomic E-state index is -0.451. The number of benzene rings is 1. The second-order valence-electron chi connectivity index (χ2n) is 3.29. The van der Waals surface area contributed by atoms with Crippen LogP contribution in [-0.4, -0.2) is 16.3 Å². The SMILES string of the molecule is O=Cc1cnc(Cc2cccc(Cl)c2F)[nH]1. The van der Waals surface area contributed by atoms with Gasteiger partial charge in [-0.15, -0.1) is 0 Å². The topological polar surface area (TPSA) is 45.8 Å². The molecule has 0 saturated heterocycles. The van der Waals surface area contributed by atoms with Crippen molar-refractivity contribution in [2.24, 2.45) is 0 Å². The maximum Gasteiger partial charge on any atom is 0.167 e. The second-order valence-corrected chi connectivity index (χ2v) is 3.70.